The Hall–Kier alpha value is -2.56. The Balaban J connectivity index is 1.57. The van der Waals surface area contributed by atoms with Gasteiger partial charge in [-0.05, 0) is 37.0 Å². The molecule has 5 heteroatoms. The van der Waals surface area contributed by atoms with Crippen LogP contribution >= 0.6 is 0 Å². The van der Waals surface area contributed by atoms with Gasteiger partial charge in [0, 0.05) is 24.3 Å². The molecule has 0 radical (unpaired) electrons. The molecule has 1 aromatic heterocycles. The van der Waals surface area contributed by atoms with Gasteiger partial charge in [-0.2, -0.15) is 0 Å². The third kappa shape index (κ3) is 2.60. The van der Waals surface area contributed by atoms with Crippen LogP contribution in [-0.4, -0.2) is 29.8 Å². The van der Waals surface area contributed by atoms with Crippen LogP contribution in [0.2, 0.25) is 0 Å². The Morgan fingerprint density at radius 1 is 1.08 bits per heavy atom. The molecule has 4 rings (SSSR count). The van der Waals surface area contributed by atoms with E-state index in [4.69, 9.17) is 4.42 Å². The monoisotopic (exact) mass is 324 g/mol. The first-order valence-electron chi connectivity index (χ1n) is 8.48. The smallest absolute Gasteiger partial charge is 0.289 e. The summed E-state index contributed by atoms with van der Waals surface area (Å²) in [4.78, 5) is 28.6. The Bertz CT molecular complexity index is 774. The molecule has 0 N–H and O–H groups in total. The summed E-state index contributed by atoms with van der Waals surface area (Å²) in [6.07, 6.45) is 5.22. The van der Waals surface area contributed by atoms with Crippen molar-refractivity contribution in [2.45, 2.75) is 32.2 Å². The van der Waals surface area contributed by atoms with E-state index in [0.717, 1.165) is 42.7 Å². The molecule has 0 unspecified atom stereocenters. The molecule has 3 heterocycles. The van der Waals surface area contributed by atoms with E-state index in [0.29, 0.717) is 18.7 Å². The van der Waals surface area contributed by atoms with Crippen LogP contribution in [0.4, 0.5) is 5.69 Å². The van der Waals surface area contributed by atoms with Gasteiger partial charge in [0.15, 0.2) is 5.76 Å². The number of furan rings is 1. The third-order valence-corrected chi connectivity index (χ3v) is 4.84. The number of anilines is 1. The quantitative estimate of drug-likeness (QED) is 0.872. The standard InChI is InChI=1S/C19H20N2O3/c22-17-12-14-6-2-3-7-16(14)21(17)13-15-8-11-24-18(15)19(23)20-9-4-1-5-10-20/h2-3,6-8,11H,1,4-5,9-10,12-13H2. The van der Waals surface area contributed by atoms with Crippen molar-refractivity contribution < 1.29 is 14.0 Å². The van der Waals surface area contributed by atoms with Crippen LogP contribution in [-0.2, 0) is 17.8 Å². The molecular weight excluding hydrogens is 304 g/mol. The van der Waals surface area contributed by atoms with Gasteiger partial charge in [0.25, 0.3) is 5.91 Å². The highest BCUT2D eigenvalue weighted by molar-refractivity contribution is 6.01. The number of hydrogen-bond acceptors (Lipinski definition) is 3. The van der Waals surface area contributed by atoms with Crippen LogP contribution in [0.15, 0.2) is 41.0 Å². The average molecular weight is 324 g/mol. The summed E-state index contributed by atoms with van der Waals surface area (Å²) in [6.45, 7) is 1.94. The second-order valence-corrected chi connectivity index (χ2v) is 6.41. The van der Waals surface area contributed by atoms with Gasteiger partial charge in [0.2, 0.25) is 5.91 Å². The first kappa shape index (κ1) is 15.0. The van der Waals surface area contributed by atoms with Crippen LogP contribution in [0.25, 0.3) is 0 Å². The van der Waals surface area contributed by atoms with Crippen molar-refractivity contribution in [3.8, 4) is 0 Å². The molecular formula is C19H20N2O3. The summed E-state index contributed by atoms with van der Waals surface area (Å²) in [5.74, 6) is 0.373. The fourth-order valence-electron chi connectivity index (χ4n) is 3.55. The number of nitrogens with zero attached hydrogens (tertiary/aromatic N) is 2. The van der Waals surface area contributed by atoms with Crippen molar-refractivity contribution in [2.75, 3.05) is 18.0 Å². The normalized spacial score (nSPS) is 17.2. The number of amides is 2. The predicted molar refractivity (Wildman–Crippen MR) is 89.8 cm³/mol. The highest BCUT2D eigenvalue weighted by Crippen LogP contribution is 2.31. The van der Waals surface area contributed by atoms with E-state index in [2.05, 4.69) is 0 Å². The minimum absolute atomic E-state index is 0.0605. The zero-order chi connectivity index (χ0) is 16.5. The molecule has 2 aromatic rings. The Morgan fingerprint density at radius 3 is 2.71 bits per heavy atom. The lowest BCUT2D eigenvalue weighted by Crippen LogP contribution is -2.36. The average Bonchev–Trinajstić information content (AvgIpc) is 3.20. The fraction of sp³-hybridized carbons (Fsp3) is 0.368. The van der Waals surface area contributed by atoms with Crippen molar-refractivity contribution >= 4 is 17.5 Å². The number of fused-ring (bicyclic) bond motifs is 1. The van der Waals surface area contributed by atoms with E-state index < -0.39 is 0 Å². The number of likely N-dealkylation sites (tertiary alicyclic amines) is 1. The Kier molecular flexibility index (Phi) is 3.84. The minimum Gasteiger partial charge on any atom is -0.459 e. The first-order valence-corrected chi connectivity index (χ1v) is 8.48. The largest absolute Gasteiger partial charge is 0.459 e. The van der Waals surface area contributed by atoms with Crippen LogP contribution in [0.3, 0.4) is 0 Å². The second-order valence-electron chi connectivity index (χ2n) is 6.41. The van der Waals surface area contributed by atoms with Crippen LogP contribution < -0.4 is 4.90 Å². The maximum absolute atomic E-state index is 12.7. The van der Waals surface area contributed by atoms with E-state index >= 15 is 0 Å². The maximum atomic E-state index is 12.7. The molecule has 5 nitrogen and oxygen atoms in total. The molecule has 1 saturated heterocycles. The molecule has 124 valence electrons. The third-order valence-electron chi connectivity index (χ3n) is 4.84. The van der Waals surface area contributed by atoms with Crippen molar-refractivity contribution in [3.63, 3.8) is 0 Å². The van der Waals surface area contributed by atoms with Crippen molar-refractivity contribution in [1.82, 2.24) is 4.90 Å². The summed E-state index contributed by atoms with van der Waals surface area (Å²) < 4.78 is 5.48. The SMILES string of the molecule is O=C(c1occc1CN1C(=O)Cc2ccccc21)N1CCCCC1. The van der Waals surface area contributed by atoms with E-state index in [9.17, 15) is 9.59 Å². The number of hydrogen-bond donors (Lipinski definition) is 0. The topological polar surface area (TPSA) is 53.8 Å². The minimum atomic E-state index is -0.0605. The number of carbonyl (C=O) groups is 2. The molecule has 0 aliphatic carbocycles. The van der Waals surface area contributed by atoms with Gasteiger partial charge in [-0.15, -0.1) is 0 Å². The van der Waals surface area contributed by atoms with Crippen LogP contribution in [0.1, 0.15) is 40.9 Å². The van der Waals surface area contributed by atoms with Gasteiger partial charge in [0.1, 0.15) is 0 Å². The number of benzene rings is 1. The van der Waals surface area contributed by atoms with Crippen molar-refractivity contribution in [2.24, 2.45) is 0 Å². The molecule has 2 aliphatic rings. The summed E-state index contributed by atoms with van der Waals surface area (Å²) in [7, 11) is 0. The predicted octanol–water partition coefficient (Wildman–Crippen LogP) is 3.00. The number of rotatable bonds is 3. The molecule has 0 spiro atoms. The van der Waals surface area contributed by atoms with Crippen LogP contribution in [0, 0.1) is 0 Å². The van der Waals surface area contributed by atoms with Gasteiger partial charge in [-0.3, -0.25) is 9.59 Å². The number of carbonyl (C=O) groups excluding carboxylic acids is 2. The molecule has 2 aliphatic heterocycles. The van der Waals surface area contributed by atoms with E-state index in [-0.39, 0.29) is 11.8 Å². The molecule has 2 amide bonds. The number of piperidine rings is 1. The zero-order valence-electron chi connectivity index (χ0n) is 13.5. The van der Waals surface area contributed by atoms with E-state index in [1.54, 1.807) is 17.2 Å². The number of para-hydroxylation sites is 1. The zero-order valence-corrected chi connectivity index (χ0v) is 13.5. The molecule has 1 fully saturated rings. The maximum Gasteiger partial charge on any atom is 0.289 e. The Labute approximate surface area is 140 Å². The lowest BCUT2D eigenvalue weighted by Gasteiger charge is -2.26. The summed E-state index contributed by atoms with van der Waals surface area (Å²) in [5.41, 5.74) is 2.74. The highest BCUT2D eigenvalue weighted by Gasteiger charge is 2.30. The van der Waals surface area contributed by atoms with Crippen molar-refractivity contribution in [3.05, 3.63) is 53.5 Å². The van der Waals surface area contributed by atoms with Gasteiger partial charge in [-0.1, -0.05) is 18.2 Å². The summed E-state index contributed by atoms with van der Waals surface area (Å²) in [6, 6.07) is 9.60. The van der Waals surface area contributed by atoms with Crippen LogP contribution in [0.5, 0.6) is 0 Å². The summed E-state index contributed by atoms with van der Waals surface area (Å²) in [5, 5.41) is 0. The van der Waals surface area contributed by atoms with Gasteiger partial charge >= 0.3 is 0 Å². The molecule has 0 bridgehead atoms. The van der Waals surface area contributed by atoms with Crippen molar-refractivity contribution in [1.29, 1.82) is 0 Å². The summed E-state index contributed by atoms with van der Waals surface area (Å²) >= 11 is 0. The Morgan fingerprint density at radius 2 is 1.88 bits per heavy atom. The first-order chi connectivity index (χ1) is 11.7. The van der Waals surface area contributed by atoms with Gasteiger partial charge in [-0.25, -0.2) is 0 Å². The lowest BCUT2D eigenvalue weighted by atomic mass is 10.1. The van der Waals surface area contributed by atoms with Gasteiger partial charge in [0.05, 0.1) is 19.2 Å². The fourth-order valence-corrected chi connectivity index (χ4v) is 3.55. The lowest BCUT2D eigenvalue weighted by molar-refractivity contribution is -0.117. The molecule has 0 saturated carbocycles. The molecule has 0 atom stereocenters. The van der Waals surface area contributed by atoms with E-state index in [1.807, 2.05) is 29.2 Å². The van der Waals surface area contributed by atoms with Gasteiger partial charge < -0.3 is 14.2 Å². The molecule has 1 aromatic carbocycles. The second kappa shape index (κ2) is 6.15. The van der Waals surface area contributed by atoms with E-state index in [1.165, 1.54) is 6.42 Å². The molecule has 24 heavy (non-hydrogen) atoms. The highest BCUT2D eigenvalue weighted by atomic mass is 16.3.